The fourth-order valence-electron chi connectivity index (χ4n) is 3.32. The van der Waals surface area contributed by atoms with Crippen LogP contribution in [0, 0.1) is 0 Å². The first-order chi connectivity index (χ1) is 15.9. The van der Waals surface area contributed by atoms with Crippen molar-refractivity contribution in [3.8, 4) is 0 Å². The Morgan fingerprint density at radius 3 is 2.48 bits per heavy atom. The molecule has 174 valence electrons. The maximum atomic E-state index is 13.0. The van der Waals surface area contributed by atoms with E-state index in [1.165, 1.54) is 11.8 Å². The maximum Gasteiger partial charge on any atom is 0.237 e. The zero-order valence-corrected chi connectivity index (χ0v) is 20.4. The zero-order chi connectivity index (χ0) is 23.8. The molecule has 0 aliphatic heterocycles. The van der Waals surface area contributed by atoms with Crippen LogP contribution >= 0.6 is 11.8 Å². The maximum absolute atomic E-state index is 13.0. The lowest BCUT2D eigenvalue weighted by molar-refractivity contribution is -0.115. The standard InChI is InChI=1S/C24H28N4O3S2/c1-4-16-28-22(17-33(30,31)19-13-8-7-9-14-19)26-27-24(28)32-21(6-3)23(29)25-20-15-11-10-12-18(20)5-2/h4,7-15,21H,1,5-6,16-17H2,2-3H3,(H,25,29). The molecular weight excluding hydrogens is 456 g/mol. The van der Waals surface area contributed by atoms with E-state index in [0.717, 1.165) is 17.7 Å². The van der Waals surface area contributed by atoms with Gasteiger partial charge in [0.15, 0.2) is 15.0 Å². The molecule has 1 N–H and O–H groups in total. The second-order valence-electron chi connectivity index (χ2n) is 7.38. The Balaban J connectivity index is 1.81. The summed E-state index contributed by atoms with van der Waals surface area (Å²) in [4.78, 5) is 13.2. The number of rotatable bonds is 11. The molecule has 1 aromatic heterocycles. The van der Waals surface area contributed by atoms with Gasteiger partial charge in [-0.3, -0.25) is 4.79 Å². The summed E-state index contributed by atoms with van der Waals surface area (Å²) in [6.07, 6.45) is 3.04. The number of amides is 1. The van der Waals surface area contributed by atoms with Crippen molar-refractivity contribution in [1.82, 2.24) is 14.8 Å². The van der Waals surface area contributed by atoms with E-state index < -0.39 is 15.1 Å². The Hall–Kier alpha value is -2.91. The predicted octanol–water partition coefficient (Wildman–Crippen LogP) is 4.51. The molecule has 3 rings (SSSR count). The summed E-state index contributed by atoms with van der Waals surface area (Å²) in [5.41, 5.74) is 1.86. The number of sulfone groups is 1. The van der Waals surface area contributed by atoms with Crippen LogP contribution in [-0.2, 0) is 33.4 Å². The number of nitrogens with one attached hydrogen (secondary N) is 1. The topological polar surface area (TPSA) is 93.9 Å². The van der Waals surface area contributed by atoms with Crippen LogP contribution in [0.15, 0.2) is 77.3 Å². The van der Waals surface area contributed by atoms with Crippen LogP contribution in [0.25, 0.3) is 0 Å². The number of carbonyl (C=O) groups is 1. The number of nitrogens with zero attached hydrogens (tertiary/aromatic N) is 3. The molecule has 7 nitrogen and oxygen atoms in total. The van der Waals surface area contributed by atoms with Crippen LogP contribution in [0.4, 0.5) is 5.69 Å². The third-order valence-corrected chi connectivity index (χ3v) is 8.07. The lowest BCUT2D eigenvalue weighted by Gasteiger charge is -2.16. The van der Waals surface area contributed by atoms with Crippen molar-refractivity contribution in [3.05, 3.63) is 78.6 Å². The number of hydrogen-bond acceptors (Lipinski definition) is 6. The number of aryl methyl sites for hydroxylation is 1. The van der Waals surface area contributed by atoms with E-state index in [-0.39, 0.29) is 16.6 Å². The molecule has 1 unspecified atom stereocenters. The molecule has 2 aromatic carbocycles. The molecule has 1 atom stereocenters. The van der Waals surface area contributed by atoms with Crippen molar-refractivity contribution in [2.24, 2.45) is 0 Å². The summed E-state index contributed by atoms with van der Waals surface area (Å²) >= 11 is 1.27. The summed E-state index contributed by atoms with van der Waals surface area (Å²) in [5, 5.41) is 11.4. The number of anilines is 1. The van der Waals surface area contributed by atoms with Gasteiger partial charge in [0.25, 0.3) is 0 Å². The fourth-order valence-corrected chi connectivity index (χ4v) is 5.59. The first kappa shape index (κ1) is 24.7. The largest absolute Gasteiger partial charge is 0.325 e. The van der Waals surface area contributed by atoms with Gasteiger partial charge in [0, 0.05) is 12.2 Å². The molecule has 0 bridgehead atoms. The van der Waals surface area contributed by atoms with Gasteiger partial charge in [0.1, 0.15) is 11.6 Å². The Bertz CT molecular complexity index is 1210. The van der Waals surface area contributed by atoms with E-state index in [9.17, 15) is 13.2 Å². The number of carbonyl (C=O) groups excluding carboxylic acids is 1. The Morgan fingerprint density at radius 1 is 1.12 bits per heavy atom. The Labute approximate surface area is 199 Å². The SMILES string of the molecule is C=CCn1c(CS(=O)(=O)c2ccccc2)nnc1SC(CC)C(=O)Nc1ccccc1CC. The second-order valence-corrected chi connectivity index (χ2v) is 10.5. The molecule has 0 aliphatic carbocycles. The predicted molar refractivity (Wildman–Crippen MR) is 132 cm³/mol. The lowest BCUT2D eigenvalue weighted by Crippen LogP contribution is -2.25. The van der Waals surface area contributed by atoms with Crippen molar-refractivity contribution in [2.45, 2.75) is 54.3 Å². The van der Waals surface area contributed by atoms with Crippen molar-refractivity contribution in [3.63, 3.8) is 0 Å². The Kier molecular flexibility index (Phi) is 8.46. The summed E-state index contributed by atoms with van der Waals surface area (Å²) in [5.74, 6) is -0.103. The van der Waals surface area contributed by atoms with Crippen molar-refractivity contribution in [1.29, 1.82) is 0 Å². The van der Waals surface area contributed by atoms with Crippen LogP contribution in [-0.4, -0.2) is 34.3 Å². The minimum atomic E-state index is -3.59. The fraction of sp³-hybridized carbons (Fsp3) is 0.292. The summed E-state index contributed by atoms with van der Waals surface area (Å²) in [6.45, 7) is 8.08. The lowest BCUT2D eigenvalue weighted by atomic mass is 10.1. The summed E-state index contributed by atoms with van der Waals surface area (Å²) < 4.78 is 27.4. The van der Waals surface area contributed by atoms with Crippen molar-refractivity contribution >= 4 is 33.2 Å². The third kappa shape index (κ3) is 6.11. The monoisotopic (exact) mass is 484 g/mol. The Morgan fingerprint density at radius 2 is 1.82 bits per heavy atom. The van der Waals surface area contributed by atoms with E-state index in [1.54, 1.807) is 41.0 Å². The zero-order valence-electron chi connectivity index (χ0n) is 18.8. The van der Waals surface area contributed by atoms with E-state index in [2.05, 4.69) is 22.1 Å². The molecule has 0 aliphatic rings. The second kappa shape index (κ2) is 11.3. The number of hydrogen-bond donors (Lipinski definition) is 1. The highest BCUT2D eigenvalue weighted by Gasteiger charge is 2.25. The average Bonchev–Trinajstić information content (AvgIpc) is 3.18. The van der Waals surface area contributed by atoms with Crippen molar-refractivity contribution in [2.75, 3.05) is 5.32 Å². The van der Waals surface area contributed by atoms with Crippen LogP contribution in [0.5, 0.6) is 0 Å². The van der Waals surface area contributed by atoms with Gasteiger partial charge in [-0.1, -0.05) is 68.1 Å². The van der Waals surface area contributed by atoms with E-state index in [0.29, 0.717) is 23.9 Å². The summed E-state index contributed by atoms with van der Waals surface area (Å²) in [7, 11) is -3.59. The molecular formula is C24H28N4O3S2. The minimum Gasteiger partial charge on any atom is -0.325 e. The van der Waals surface area contributed by atoms with Gasteiger partial charge in [0.2, 0.25) is 5.91 Å². The van der Waals surface area contributed by atoms with Gasteiger partial charge < -0.3 is 9.88 Å². The number of para-hydroxylation sites is 1. The number of benzene rings is 2. The number of thioether (sulfide) groups is 1. The number of aromatic nitrogens is 3. The molecule has 33 heavy (non-hydrogen) atoms. The van der Waals surface area contributed by atoms with Gasteiger partial charge >= 0.3 is 0 Å². The molecule has 0 radical (unpaired) electrons. The van der Waals surface area contributed by atoms with Gasteiger partial charge in [0.05, 0.1) is 10.1 Å². The van der Waals surface area contributed by atoms with Gasteiger partial charge in [-0.2, -0.15) is 0 Å². The molecule has 3 aromatic rings. The van der Waals surface area contributed by atoms with Crippen molar-refractivity contribution < 1.29 is 13.2 Å². The summed E-state index contributed by atoms with van der Waals surface area (Å²) in [6, 6.07) is 16.0. The van der Waals surface area contributed by atoms with Gasteiger partial charge in [-0.15, -0.1) is 16.8 Å². The molecule has 1 heterocycles. The highest BCUT2D eigenvalue weighted by molar-refractivity contribution is 8.00. The molecule has 0 fully saturated rings. The number of allylic oxidation sites excluding steroid dienone is 1. The third-order valence-electron chi connectivity index (χ3n) is 5.09. The normalized spacial score (nSPS) is 12.3. The minimum absolute atomic E-state index is 0.130. The molecule has 0 spiro atoms. The average molecular weight is 485 g/mol. The smallest absolute Gasteiger partial charge is 0.237 e. The first-order valence-corrected chi connectivity index (χ1v) is 13.3. The van der Waals surface area contributed by atoms with E-state index in [1.807, 2.05) is 38.1 Å². The molecule has 0 saturated heterocycles. The quantitative estimate of drug-likeness (QED) is 0.318. The van der Waals surface area contributed by atoms with Gasteiger partial charge in [-0.05, 0) is 36.6 Å². The first-order valence-electron chi connectivity index (χ1n) is 10.8. The molecule has 1 amide bonds. The van der Waals surface area contributed by atoms with Crippen LogP contribution in [0.2, 0.25) is 0 Å². The highest BCUT2D eigenvalue weighted by Crippen LogP contribution is 2.28. The van der Waals surface area contributed by atoms with Crippen LogP contribution < -0.4 is 5.32 Å². The van der Waals surface area contributed by atoms with Gasteiger partial charge in [-0.25, -0.2) is 8.42 Å². The van der Waals surface area contributed by atoms with E-state index in [4.69, 9.17) is 0 Å². The highest BCUT2D eigenvalue weighted by atomic mass is 32.2. The van der Waals surface area contributed by atoms with Crippen LogP contribution in [0.3, 0.4) is 0 Å². The van der Waals surface area contributed by atoms with E-state index >= 15 is 0 Å². The van der Waals surface area contributed by atoms with Crippen LogP contribution in [0.1, 0.15) is 31.7 Å². The molecule has 9 heteroatoms. The molecule has 0 saturated carbocycles.